The first kappa shape index (κ1) is 23.9. The second-order valence-electron chi connectivity index (χ2n) is 7.34. The van der Waals surface area contributed by atoms with Crippen molar-refractivity contribution in [2.75, 3.05) is 7.11 Å². The van der Waals surface area contributed by atoms with Gasteiger partial charge >= 0.3 is 0 Å². The summed E-state index contributed by atoms with van der Waals surface area (Å²) in [5.41, 5.74) is 2.42. The molecule has 2 heterocycles. The zero-order valence-electron chi connectivity index (χ0n) is 18.0. The number of fused-ring (bicyclic) bond motifs is 1. The normalized spacial score (nSPS) is 11.2. The third-order valence-corrected chi connectivity index (χ3v) is 7.47. The number of aromatic amines is 1. The number of benzene rings is 3. The second kappa shape index (κ2) is 10.1. The van der Waals surface area contributed by atoms with Crippen LogP contribution in [0, 0.1) is 11.6 Å². The Balaban J connectivity index is 1.58. The number of ether oxygens (including phenoxy) is 1. The van der Waals surface area contributed by atoms with Crippen LogP contribution in [0.2, 0.25) is 10.0 Å². The smallest absolute Gasteiger partial charge is 0.195 e. The molecule has 0 saturated carbocycles. The summed E-state index contributed by atoms with van der Waals surface area (Å²) in [6, 6.07) is 18.6. The molecule has 4 nitrogen and oxygen atoms in total. The predicted molar refractivity (Wildman–Crippen MR) is 137 cm³/mol. The molecule has 0 saturated heterocycles. The number of rotatable bonds is 6. The number of aromatic nitrogens is 3. The molecule has 0 aliphatic heterocycles. The van der Waals surface area contributed by atoms with E-state index >= 15 is 0 Å². The molecule has 176 valence electrons. The first-order valence-corrected chi connectivity index (χ1v) is 12.6. The van der Waals surface area contributed by atoms with Crippen LogP contribution in [0.3, 0.4) is 0 Å². The van der Waals surface area contributed by atoms with E-state index in [1.807, 2.05) is 30.3 Å². The standard InChI is InChI=1S/C25H15Cl2F2N3OS2/c1-33-14-4-2-13(3-5-14)22-12-17-23(30-22)31-25(35-16-7-9-21(29)19(27)11-16)32-24(17)34-15-6-8-20(28)18(26)10-15/h2-12H,1H3,(H,30,31,32). The molecule has 0 bridgehead atoms. The van der Waals surface area contributed by atoms with Crippen molar-refractivity contribution in [1.82, 2.24) is 15.0 Å². The molecule has 0 spiro atoms. The maximum absolute atomic E-state index is 13.7. The van der Waals surface area contributed by atoms with E-state index < -0.39 is 11.6 Å². The second-order valence-corrected chi connectivity index (χ2v) is 10.3. The molecule has 0 radical (unpaired) electrons. The highest BCUT2D eigenvalue weighted by atomic mass is 35.5. The Labute approximate surface area is 218 Å². The van der Waals surface area contributed by atoms with Crippen molar-refractivity contribution in [2.45, 2.75) is 20.0 Å². The Morgan fingerprint density at radius 1 is 0.800 bits per heavy atom. The molecule has 35 heavy (non-hydrogen) atoms. The molecule has 5 rings (SSSR count). The molecule has 3 aromatic carbocycles. The monoisotopic (exact) mass is 545 g/mol. The minimum Gasteiger partial charge on any atom is -0.497 e. The Morgan fingerprint density at radius 2 is 1.43 bits per heavy atom. The Morgan fingerprint density at radius 3 is 2.03 bits per heavy atom. The number of H-pyrrole nitrogens is 1. The van der Waals surface area contributed by atoms with Crippen LogP contribution >= 0.6 is 46.7 Å². The highest BCUT2D eigenvalue weighted by molar-refractivity contribution is 8.00. The third kappa shape index (κ3) is 5.26. The molecule has 0 unspecified atom stereocenters. The summed E-state index contributed by atoms with van der Waals surface area (Å²) in [7, 11) is 1.62. The van der Waals surface area contributed by atoms with E-state index in [-0.39, 0.29) is 10.0 Å². The van der Waals surface area contributed by atoms with E-state index in [0.717, 1.165) is 27.3 Å². The molecule has 5 aromatic rings. The van der Waals surface area contributed by atoms with E-state index in [2.05, 4.69) is 9.97 Å². The molecule has 2 aromatic heterocycles. The molecule has 0 atom stereocenters. The van der Waals surface area contributed by atoms with Crippen LogP contribution in [0.1, 0.15) is 0 Å². The van der Waals surface area contributed by atoms with Crippen molar-refractivity contribution in [2.24, 2.45) is 0 Å². The highest BCUT2D eigenvalue weighted by Crippen LogP contribution is 2.38. The lowest BCUT2D eigenvalue weighted by Gasteiger charge is -2.07. The van der Waals surface area contributed by atoms with Gasteiger partial charge in [0.1, 0.15) is 28.1 Å². The van der Waals surface area contributed by atoms with Crippen LogP contribution < -0.4 is 4.74 Å². The highest BCUT2D eigenvalue weighted by Gasteiger charge is 2.16. The van der Waals surface area contributed by atoms with Gasteiger partial charge < -0.3 is 9.72 Å². The summed E-state index contributed by atoms with van der Waals surface area (Å²) in [5.74, 6) is -0.229. The number of hydrogen-bond acceptors (Lipinski definition) is 5. The van der Waals surface area contributed by atoms with Crippen molar-refractivity contribution in [1.29, 1.82) is 0 Å². The van der Waals surface area contributed by atoms with Crippen LogP contribution in [0.5, 0.6) is 5.75 Å². The molecule has 0 amide bonds. The zero-order chi connectivity index (χ0) is 24.5. The average molecular weight is 546 g/mol. The summed E-state index contributed by atoms with van der Waals surface area (Å²) in [6.07, 6.45) is 0. The van der Waals surface area contributed by atoms with E-state index in [4.69, 9.17) is 32.9 Å². The van der Waals surface area contributed by atoms with E-state index in [9.17, 15) is 8.78 Å². The lowest BCUT2D eigenvalue weighted by molar-refractivity contribution is 0.415. The fourth-order valence-electron chi connectivity index (χ4n) is 3.31. The fraction of sp³-hybridized carbons (Fsp3) is 0.0400. The van der Waals surface area contributed by atoms with Crippen LogP contribution in [0.25, 0.3) is 22.3 Å². The van der Waals surface area contributed by atoms with Crippen LogP contribution in [-0.2, 0) is 0 Å². The van der Waals surface area contributed by atoms with Crippen molar-refractivity contribution >= 4 is 57.8 Å². The van der Waals surface area contributed by atoms with Gasteiger partial charge in [0.2, 0.25) is 0 Å². The first-order valence-electron chi connectivity index (χ1n) is 10.2. The van der Waals surface area contributed by atoms with Gasteiger partial charge in [-0.3, -0.25) is 0 Å². The SMILES string of the molecule is COc1ccc(-c2cc3c(Sc4ccc(F)c(Cl)c4)nc(Sc4ccc(F)c(Cl)c4)nc3[nH]2)cc1. The maximum Gasteiger partial charge on any atom is 0.195 e. The molecular weight excluding hydrogens is 531 g/mol. The molecule has 0 fully saturated rings. The van der Waals surface area contributed by atoms with Gasteiger partial charge in [-0.1, -0.05) is 35.0 Å². The minimum absolute atomic E-state index is 0.0216. The number of nitrogens with one attached hydrogen (secondary N) is 1. The maximum atomic E-state index is 13.7. The molecule has 0 aliphatic rings. The van der Waals surface area contributed by atoms with Crippen LogP contribution in [-0.4, -0.2) is 22.1 Å². The van der Waals surface area contributed by atoms with Crippen molar-refractivity contribution < 1.29 is 13.5 Å². The Hall–Kier alpha value is -2.78. The third-order valence-electron chi connectivity index (χ3n) is 5.04. The molecule has 0 aliphatic carbocycles. The molecule has 1 N–H and O–H groups in total. The summed E-state index contributed by atoms with van der Waals surface area (Å²) in [6.45, 7) is 0. The number of hydrogen-bond donors (Lipinski definition) is 1. The lowest BCUT2D eigenvalue weighted by Crippen LogP contribution is -1.92. The fourth-order valence-corrected chi connectivity index (χ4v) is 5.59. The van der Waals surface area contributed by atoms with Gasteiger partial charge in [0.15, 0.2) is 5.16 Å². The largest absolute Gasteiger partial charge is 0.497 e. The lowest BCUT2D eigenvalue weighted by atomic mass is 10.1. The van der Waals surface area contributed by atoms with Crippen molar-refractivity contribution in [3.05, 3.63) is 88.4 Å². The average Bonchev–Trinajstić information content (AvgIpc) is 3.28. The quantitative estimate of drug-likeness (QED) is 0.171. The number of nitrogens with zero attached hydrogens (tertiary/aromatic N) is 2. The molecular formula is C25H15Cl2F2N3OS2. The van der Waals surface area contributed by atoms with E-state index in [0.29, 0.717) is 20.7 Å². The van der Waals surface area contributed by atoms with Crippen LogP contribution in [0.15, 0.2) is 86.7 Å². The molecule has 10 heteroatoms. The topological polar surface area (TPSA) is 50.8 Å². The predicted octanol–water partition coefficient (Wildman–Crippen LogP) is 8.52. The minimum atomic E-state index is -0.495. The summed E-state index contributed by atoms with van der Waals surface area (Å²) >= 11 is 14.5. The van der Waals surface area contributed by atoms with Gasteiger partial charge in [-0.2, -0.15) is 0 Å². The van der Waals surface area contributed by atoms with Crippen molar-refractivity contribution in [3.63, 3.8) is 0 Å². The summed E-state index contributed by atoms with van der Waals surface area (Å²) < 4.78 is 32.5. The van der Waals surface area contributed by atoms with Crippen molar-refractivity contribution in [3.8, 4) is 17.0 Å². The number of methoxy groups -OCH3 is 1. The summed E-state index contributed by atoms with van der Waals surface area (Å²) in [5, 5.41) is 1.95. The first-order chi connectivity index (χ1) is 16.9. The van der Waals surface area contributed by atoms with Gasteiger partial charge in [0.05, 0.1) is 22.5 Å². The van der Waals surface area contributed by atoms with Gasteiger partial charge in [-0.25, -0.2) is 18.7 Å². The van der Waals surface area contributed by atoms with Gasteiger partial charge in [-0.05, 0) is 84.1 Å². The summed E-state index contributed by atoms with van der Waals surface area (Å²) in [4.78, 5) is 14.2. The van der Waals surface area contributed by atoms with Gasteiger partial charge in [-0.15, -0.1) is 0 Å². The van der Waals surface area contributed by atoms with E-state index in [1.165, 1.54) is 41.7 Å². The van der Waals surface area contributed by atoms with Crippen LogP contribution in [0.4, 0.5) is 8.78 Å². The Bertz CT molecular complexity index is 1540. The number of halogens is 4. The zero-order valence-corrected chi connectivity index (χ0v) is 21.1. The Kier molecular flexibility index (Phi) is 6.88. The van der Waals surface area contributed by atoms with Gasteiger partial charge in [0, 0.05) is 15.5 Å². The van der Waals surface area contributed by atoms with E-state index in [1.54, 1.807) is 25.3 Å². The van der Waals surface area contributed by atoms with Gasteiger partial charge in [0.25, 0.3) is 0 Å².